The third-order valence-electron chi connectivity index (χ3n) is 2.50. The Balaban J connectivity index is 2.05. The highest BCUT2D eigenvalue weighted by Gasteiger charge is 2.09. The maximum atomic E-state index is 9.61. The number of pyridine rings is 1. The Bertz CT molecular complexity index is 479. The lowest BCUT2D eigenvalue weighted by Gasteiger charge is -2.10. The zero-order valence-electron chi connectivity index (χ0n) is 10.3. The molecule has 18 heavy (non-hydrogen) atoms. The fourth-order valence-electron chi connectivity index (χ4n) is 1.54. The lowest BCUT2D eigenvalue weighted by atomic mass is 10.3. The summed E-state index contributed by atoms with van der Waals surface area (Å²) in [7, 11) is 0. The van der Waals surface area contributed by atoms with Gasteiger partial charge in [-0.15, -0.1) is 0 Å². The number of aliphatic imine (C=N–C) groups is 2. The van der Waals surface area contributed by atoms with E-state index >= 15 is 0 Å². The Hall–Kier alpha value is -2.01. The van der Waals surface area contributed by atoms with Crippen molar-refractivity contribution < 1.29 is 5.21 Å². The monoisotopic (exact) mass is 244 g/mol. The van der Waals surface area contributed by atoms with E-state index in [1.165, 1.54) is 0 Å². The van der Waals surface area contributed by atoms with E-state index in [2.05, 4.69) is 21.9 Å². The first kappa shape index (κ1) is 12.4. The summed E-state index contributed by atoms with van der Waals surface area (Å²) in [4.78, 5) is 12.5. The van der Waals surface area contributed by atoms with Crippen LogP contribution in [-0.4, -0.2) is 33.8 Å². The van der Waals surface area contributed by atoms with Gasteiger partial charge in [0.1, 0.15) is 5.70 Å². The van der Waals surface area contributed by atoms with Crippen molar-refractivity contribution in [2.45, 2.75) is 19.8 Å². The fourth-order valence-corrected chi connectivity index (χ4v) is 1.54. The Morgan fingerprint density at radius 2 is 2.33 bits per heavy atom. The highest BCUT2D eigenvalue weighted by atomic mass is 16.5. The summed E-state index contributed by atoms with van der Waals surface area (Å²) in [6.45, 7) is 2.68. The standard InChI is InChI=1S/C13H16N4O/c1-2-3-7-17(18)10-12-9-15-13(16-12)11-5-4-6-14-8-11/h4-6,8-10,18H,2-3,7H2,1H3/b12-10+. The van der Waals surface area contributed by atoms with Crippen LogP contribution >= 0.6 is 0 Å². The zero-order valence-corrected chi connectivity index (χ0v) is 10.3. The molecule has 5 nitrogen and oxygen atoms in total. The first-order valence-electron chi connectivity index (χ1n) is 6.00. The molecule has 0 unspecified atom stereocenters. The second kappa shape index (κ2) is 6.07. The van der Waals surface area contributed by atoms with Crippen LogP contribution in [0.15, 0.2) is 46.4 Å². The van der Waals surface area contributed by atoms with Gasteiger partial charge in [0.2, 0.25) is 0 Å². The van der Waals surface area contributed by atoms with E-state index in [4.69, 9.17) is 0 Å². The van der Waals surface area contributed by atoms with Gasteiger partial charge in [0, 0.05) is 24.5 Å². The molecule has 1 aliphatic rings. The minimum absolute atomic E-state index is 0.603. The normalized spacial score (nSPS) is 16.1. The molecule has 1 N–H and O–H groups in total. The van der Waals surface area contributed by atoms with Crippen LogP contribution in [0.25, 0.3) is 0 Å². The van der Waals surface area contributed by atoms with Crippen LogP contribution in [0.4, 0.5) is 0 Å². The molecule has 5 heteroatoms. The maximum Gasteiger partial charge on any atom is 0.161 e. The number of allylic oxidation sites excluding steroid dienone is 1. The molecule has 1 aromatic rings. The number of aromatic nitrogens is 1. The van der Waals surface area contributed by atoms with Crippen LogP contribution in [0.5, 0.6) is 0 Å². The van der Waals surface area contributed by atoms with Crippen LogP contribution in [0.2, 0.25) is 0 Å². The van der Waals surface area contributed by atoms with Gasteiger partial charge in [-0.1, -0.05) is 13.3 Å². The molecular formula is C13H16N4O. The van der Waals surface area contributed by atoms with Gasteiger partial charge in [-0.2, -0.15) is 0 Å². The first-order valence-corrected chi connectivity index (χ1v) is 6.00. The number of nitrogens with zero attached hydrogens (tertiary/aromatic N) is 4. The van der Waals surface area contributed by atoms with E-state index in [0.717, 1.165) is 23.5 Å². The maximum absolute atomic E-state index is 9.61. The summed E-state index contributed by atoms with van der Waals surface area (Å²) in [5.41, 5.74) is 1.52. The average molecular weight is 244 g/mol. The van der Waals surface area contributed by atoms with Crippen molar-refractivity contribution in [3.8, 4) is 0 Å². The summed E-state index contributed by atoms with van der Waals surface area (Å²) < 4.78 is 0. The molecule has 0 spiro atoms. The predicted molar refractivity (Wildman–Crippen MR) is 70.7 cm³/mol. The van der Waals surface area contributed by atoms with Gasteiger partial charge in [0.25, 0.3) is 0 Å². The lowest BCUT2D eigenvalue weighted by Crippen LogP contribution is -2.13. The largest absolute Gasteiger partial charge is 0.289 e. The molecule has 0 atom stereocenters. The third kappa shape index (κ3) is 3.24. The fraction of sp³-hybridized carbons (Fsp3) is 0.308. The third-order valence-corrected chi connectivity index (χ3v) is 2.50. The van der Waals surface area contributed by atoms with Crippen molar-refractivity contribution in [3.63, 3.8) is 0 Å². The van der Waals surface area contributed by atoms with Gasteiger partial charge in [-0.3, -0.25) is 15.3 Å². The molecule has 0 saturated heterocycles. The Morgan fingerprint density at radius 3 is 3.06 bits per heavy atom. The van der Waals surface area contributed by atoms with Crippen molar-refractivity contribution in [1.29, 1.82) is 0 Å². The number of hydroxylamine groups is 2. The van der Waals surface area contributed by atoms with Crippen LogP contribution in [-0.2, 0) is 0 Å². The molecule has 94 valence electrons. The predicted octanol–water partition coefficient (Wildman–Crippen LogP) is 2.25. The molecule has 0 bridgehead atoms. The van der Waals surface area contributed by atoms with E-state index in [-0.39, 0.29) is 0 Å². The summed E-state index contributed by atoms with van der Waals surface area (Å²) in [6.07, 6.45) is 8.63. The van der Waals surface area contributed by atoms with E-state index in [9.17, 15) is 5.21 Å². The Labute approximate surface area is 106 Å². The summed E-state index contributed by atoms with van der Waals surface area (Å²) in [5.74, 6) is 0.623. The molecule has 0 saturated carbocycles. The first-order chi connectivity index (χ1) is 8.79. The summed E-state index contributed by atoms with van der Waals surface area (Å²) >= 11 is 0. The van der Waals surface area contributed by atoms with Crippen LogP contribution in [0.3, 0.4) is 0 Å². The number of hydrogen-bond acceptors (Lipinski definition) is 5. The van der Waals surface area contributed by atoms with E-state index in [0.29, 0.717) is 18.1 Å². The van der Waals surface area contributed by atoms with Crippen molar-refractivity contribution in [2.75, 3.05) is 6.54 Å². The van der Waals surface area contributed by atoms with Gasteiger partial charge in [0.15, 0.2) is 5.84 Å². The van der Waals surface area contributed by atoms with Gasteiger partial charge in [-0.05, 0) is 18.6 Å². The Kier molecular flexibility index (Phi) is 4.20. The minimum Gasteiger partial charge on any atom is -0.289 e. The zero-order chi connectivity index (χ0) is 12.8. The number of rotatable bonds is 5. The molecule has 0 radical (unpaired) electrons. The van der Waals surface area contributed by atoms with Crippen molar-refractivity contribution >= 4 is 12.1 Å². The molecule has 1 aliphatic heterocycles. The quantitative estimate of drug-likeness (QED) is 0.808. The number of hydrogen-bond donors (Lipinski definition) is 1. The van der Waals surface area contributed by atoms with Crippen molar-refractivity contribution in [3.05, 3.63) is 42.0 Å². The average Bonchev–Trinajstić information content (AvgIpc) is 2.86. The van der Waals surface area contributed by atoms with Crippen LogP contribution in [0.1, 0.15) is 25.3 Å². The Morgan fingerprint density at radius 1 is 1.44 bits per heavy atom. The van der Waals surface area contributed by atoms with Crippen LogP contribution in [0, 0.1) is 0 Å². The summed E-state index contributed by atoms with van der Waals surface area (Å²) in [6, 6.07) is 3.74. The van der Waals surface area contributed by atoms with Gasteiger partial charge < -0.3 is 0 Å². The number of unbranched alkanes of at least 4 members (excludes halogenated alkanes) is 1. The highest BCUT2D eigenvalue weighted by Crippen LogP contribution is 2.10. The molecule has 0 amide bonds. The highest BCUT2D eigenvalue weighted by molar-refractivity contribution is 6.10. The second-order valence-electron chi connectivity index (χ2n) is 4.01. The second-order valence-corrected chi connectivity index (χ2v) is 4.01. The van der Waals surface area contributed by atoms with E-state index in [1.807, 2.05) is 12.1 Å². The van der Waals surface area contributed by atoms with Gasteiger partial charge in [0.05, 0.1) is 12.4 Å². The lowest BCUT2D eigenvalue weighted by molar-refractivity contribution is -0.0419. The molecule has 1 aromatic heterocycles. The topological polar surface area (TPSA) is 61.1 Å². The van der Waals surface area contributed by atoms with Gasteiger partial charge >= 0.3 is 0 Å². The summed E-state index contributed by atoms with van der Waals surface area (Å²) in [5, 5.41) is 10.8. The SMILES string of the molecule is CCCCN(O)/C=C1\C=NC(c2cccnc2)=N1. The smallest absolute Gasteiger partial charge is 0.161 e. The van der Waals surface area contributed by atoms with Crippen molar-refractivity contribution in [1.82, 2.24) is 10.0 Å². The molecule has 2 rings (SSSR count). The van der Waals surface area contributed by atoms with Gasteiger partial charge in [-0.25, -0.2) is 9.98 Å². The molecule has 2 heterocycles. The van der Waals surface area contributed by atoms with Crippen molar-refractivity contribution in [2.24, 2.45) is 9.98 Å². The molecule has 0 fully saturated rings. The van der Waals surface area contributed by atoms with Crippen LogP contribution < -0.4 is 0 Å². The molecule has 0 aromatic carbocycles. The van der Waals surface area contributed by atoms with E-state index in [1.54, 1.807) is 24.8 Å². The minimum atomic E-state index is 0.603. The van der Waals surface area contributed by atoms with E-state index < -0.39 is 0 Å². The number of amidine groups is 1. The molecule has 0 aliphatic carbocycles. The molecular weight excluding hydrogens is 228 g/mol.